The van der Waals surface area contributed by atoms with Crippen LogP contribution in [0.1, 0.15) is 45.1 Å². The summed E-state index contributed by atoms with van der Waals surface area (Å²) in [6, 6.07) is 9.09. The first kappa shape index (κ1) is 31.8. The van der Waals surface area contributed by atoms with Crippen LogP contribution in [0.3, 0.4) is 0 Å². The van der Waals surface area contributed by atoms with Gasteiger partial charge in [0.2, 0.25) is 0 Å². The molecule has 8 heteroatoms. The summed E-state index contributed by atoms with van der Waals surface area (Å²) in [5.41, 5.74) is 4.89. The molecule has 0 amide bonds. The third kappa shape index (κ3) is 9.17. The van der Waals surface area contributed by atoms with Crippen molar-refractivity contribution in [3.63, 3.8) is 0 Å². The van der Waals surface area contributed by atoms with Crippen molar-refractivity contribution in [2.45, 2.75) is 51.1 Å². The van der Waals surface area contributed by atoms with Crippen LogP contribution < -0.4 is 4.90 Å². The van der Waals surface area contributed by atoms with E-state index in [-0.39, 0.29) is 12.4 Å². The van der Waals surface area contributed by atoms with Gasteiger partial charge in [-0.1, -0.05) is 48.6 Å². The van der Waals surface area contributed by atoms with Crippen molar-refractivity contribution in [3.05, 3.63) is 113 Å². The molecule has 0 saturated carbocycles. The molecule has 1 saturated heterocycles. The number of hydrogen-bond donors (Lipinski definition) is 1. The van der Waals surface area contributed by atoms with Crippen molar-refractivity contribution < 1.29 is 22.5 Å². The van der Waals surface area contributed by atoms with Crippen molar-refractivity contribution in [3.8, 4) is 0 Å². The molecule has 224 valence electrons. The van der Waals surface area contributed by atoms with E-state index in [1.165, 1.54) is 5.69 Å². The molecule has 2 aliphatic carbocycles. The molecule has 1 aromatic carbocycles. The van der Waals surface area contributed by atoms with Gasteiger partial charge < -0.3 is 14.2 Å². The van der Waals surface area contributed by atoms with E-state index in [4.69, 9.17) is 4.18 Å². The first-order chi connectivity index (χ1) is 20.2. The van der Waals surface area contributed by atoms with Gasteiger partial charge in [0.05, 0.1) is 0 Å². The number of halogens is 3. The maximum Gasteiger partial charge on any atom is 0.479 e. The molecular formula is C34H39F3N2O2S. The average molecular weight is 597 g/mol. The van der Waals surface area contributed by atoms with Crippen LogP contribution in [0.25, 0.3) is 5.57 Å². The number of hydrogen-bond acceptors (Lipinski definition) is 5. The van der Waals surface area contributed by atoms with Crippen molar-refractivity contribution >= 4 is 23.3 Å². The van der Waals surface area contributed by atoms with Crippen molar-refractivity contribution in [1.29, 1.82) is 0 Å². The fourth-order valence-corrected chi connectivity index (χ4v) is 5.55. The molecule has 4 nitrogen and oxygen atoms in total. The number of aliphatic hydroxyl groups is 1. The lowest BCUT2D eigenvalue weighted by Gasteiger charge is -2.38. The second kappa shape index (κ2) is 15.4. The molecule has 0 atom stereocenters. The summed E-state index contributed by atoms with van der Waals surface area (Å²) in [5.74, 6) is 0.158. The number of piperazine rings is 1. The minimum Gasteiger partial charge on any atom is -0.417 e. The number of alkyl halides is 3. The smallest absolute Gasteiger partial charge is 0.417 e. The molecule has 1 N–H and O–H groups in total. The summed E-state index contributed by atoms with van der Waals surface area (Å²) >= 11 is -0.508. The molecule has 3 aliphatic rings. The standard InChI is InChI=1S/C34H39F3N2O2S/c1-26(2)38-21-23-39(24-22-38)30-18-15-29(16-19-30)33(28-12-8-13-31(20-17-28)41-42-34(35,36)37)32(14-9-25-40)27-10-6-4-3-5-7-11-27/h3-4,6-7,11-13,15-20,26,40H,5,8-9,14,21-25H2,1-2H3/b4-3-,11-7-,33-32-. The van der Waals surface area contributed by atoms with E-state index < -0.39 is 17.6 Å². The Kier molecular flexibility index (Phi) is 11.6. The molecule has 0 radical (unpaired) electrons. The number of aliphatic hydroxyl groups excluding tert-OH is 1. The highest BCUT2D eigenvalue weighted by Crippen LogP contribution is 2.38. The number of anilines is 1. The van der Waals surface area contributed by atoms with Gasteiger partial charge in [0.15, 0.2) is 12.0 Å². The second-order valence-corrected chi connectivity index (χ2v) is 11.4. The molecule has 0 bridgehead atoms. The Bertz CT molecular complexity index is 1320. The molecule has 4 rings (SSSR count). The third-order valence-corrected chi connectivity index (χ3v) is 7.88. The first-order valence-electron chi connectivity index (χ1n) is 14.5. The summed E-state index contributed by atoms with van der Waals surface area (Å²) in [6.45, 7) is 8.50. The van der Waals surface area contributed by atoms with Crippen LogP contribution in [0.5, 0.6) is 0 Å². The van der Waals surface area contributed by atoms with Crippen LogP contribution in [0.2, 0.25) is 0 Å². The summed E-state index contributed by atoms with van der Waals surface area (Å²) in [7, 11) is 0. The van der Waals surface area contributed by atoms with Gasteiger partial charge >= 0.3 is 5.51 Å². The zero-order valence-corrected chi connectivity index (χ0v) is 25.1. The Morgan fingerprint density at radius 1 is 1.00 bits per heavy atom. The molecule has 42 heavy (non-hydrogen) atoms. The van der Waals surface area contributed by atoms with E-state index in [9.17, 15) is 18.3 Å². The fraction of sp³-hybridized carbons (Fsp3) is 0.382. The van der Waals surface area contributed by atoms with Crippen molar-refractivity contribution in [2.75, 3.05) is 37.7 Å². The maximum absolute atomic E-state index is 12.8. The van der Waals surface area contributed by atoms with Gasteiger partial charge in [-0.2, -0.15) is 13.2 Å². The van der Waals surface area contributed by atoms with Gasteiger partial charge in [-0.05, 0) is 92.2 Å². The van der Waals surface area contributed by atoms with Crippen LogP contribution in [0, 0.1) is 0 Å². The van der Waals surface area contributed by atoms with Crippen LogP contribution in [-0.4, -0.2) is 54.3 Å². The molecular weight excluding hydrogens is 557 g/mol. The maximum atomic E-state index is 12.8. The van der Waals surface area contributed by atoms with E-state index >= 15 is 0 Å². The lowest BCUT2D eigenvalue weighted by Crippen LogP contribution is -2.48. The quantitative estimate of drug-likeness (QED) is 0.217. The molecule has 0 spiro atoms. The van der Waals surface area contributed by atoms with Crippen molar-refractivity contribution in [2.24, 2.45) is 0 Å². The summed E-state index contributed by atoms with van der Waals surface area (Å²) in [5, 5.41) is 9.77. The number of benzene rings is 1. The number of nitrogens with zero attached hydrogens (tertiary/aromatic N) is 2. The highest BCUT2D eigenvalue weighted by Gasteiger charge is 2.31. The first-order valence-corrected chi connectivity index (χ1v) is 15.2. The van der Waals surface area contributed by atoms with E-state index in [1.807, 2.05) is 24.3 Å². The van der Waals surface area contributed by atoms with Gasteiger partial charge in [-0.3, -0.25) is 4.90 Å². The average Bonchev–Trinajstić information content (AvgIpc) is 3.20. The Labute approximate surface area is 251 Å². The zero-order chi connectivity index (χ0) is 30.0. The van der Waals surface area contributed by atoms with E-state index in [1.54, 1.807) is 12.2 Å². The lowest BCUT2D eigenvalue weighted by atomic mass is 9.86. The molecule has 0 unspecified atom stereocenters. The van der Waals surface area contributed by atoms with E-state index in [0.717, 1.165) is 60.5 Å². The van der Waals surface area contributed by atoms with E-state index in [2.05, 4.69) is 71.9 Å². The Balaban J connectivity index is 1.73. The predicted octanol–water partition coefficient (Wildman–Crippen LogP) is 8.30. The minimum absolute atomic E-state index is 0.0434. The summed E-state index contributed by atoms with van der Waals surface area (Å²) < 4.78 is 43.3. The summed E-state index contributed by atoms with van der Waals surface area (Å²) in [4.78, 5) is 4.90. The number of allylic oxidation sites excluding steroid dienone is 12. The molecule has 1 aliphatic heterocycles. The van der Waals surface area contributed by atoms with Crippen molar-refractivity contribution in [1.82, 2.24) is 4.90 Å². The van der Waals surface area contributed by atoms with Crippen LogP contribution in [0.4, 0.5) is 18.9 Å². The van der Waals surface area contributed by atoms with E-state index in [0.29, 0.717) is 25.3 Å². The van der Waals surface area contributed by atoms with Gasteiger partial charge in [-0.25, -0.2) is 0 Å². The minimum atomic E-state index is -4.49. The Hall–Kier alpha value is -3.16. The van der Waals surface area contributed by atoms with Gasteiger partial charge in [0.25, 0.3) is 0 Å². The Morgan fingerprint density at radius 3 is 2.45 bits per heavy atom. The van der Waals surface area contributed by atoms with Crippen LogP contribution in [0.15, 0.2) is 107 Å². The van der Waals surface area contributed by atoms with Gasteiger partial charge in [-0.15, -0.1) is 5.73 Å². The SMILES string of the molecule is CC(C)N1CCN(c2ccc(/C(C3=CCC=C(OSC(F)(F)F)C=C3)=C(/CCCO)C3=C=C/C=C\C/C=C\3)cc2)CC1. The number of rotatable bonds is 10. The van der Waals surface area contributed by atoms with Gasteiger partial charge in [0, 0.05) is 50.1 Å². The fourth-order valence-electron chi connectivity index (χ4n) is 5.24. The lowest BCUT2D eigenvalue weighted by molar-refractivity contribution is -0.0382. The second-order valence-electron chi connectivity index (χ2n) is 10.6. The highest BCUT2D eigenvalue weighted by molar-refractivity contribution is 7.95. The molecule has 1 aromatic rings. The molecule has 1 heterocycles. The van der Waals surface area contributed by atoms with Crippen LogP contribution >= 0.6 is 12.0 Å². The molecule has 1 fully saturated rings. The van der Waals surface area contributed by atoms with Crippen LogP contribution in [-0.2, 0) is 4.18 Å². The Morgan fingerprint density at radius 2 is 1.76 bits per heavy atom. The topological polar surface area (TPSA) is 35.9 Å². The molecule has 0 aromatic heterocycles. The third-order valence-electron chi connectivity index (χ3n) is 7.41. The largest absolute Gasteiger partial charge is 0.479 e. The highest BCUT2D eigenvalue weighted by atomic mass is 32.2. The predicted molar refractivity (Wildman–Crippen MR) is 168 cm³/mol. The zero-order valence-electron chi connectivity index (χ0n) is 24.2. The van der Waals surface area contributed by atoms with Gasteiger partial charge in [0.1, 0.15) is 5.76 Å². The monoisotopic (exact) mass is 596 g/mol. The summed E-state index contributed by atoms with van der Waals surface area (Å²) in [6.07, 6.45) is 19.5. The normalized spacial score (nSPS) is 20.2.